The predicted octanol–water partition coefficient (Wildman–Crippen LogP) is 5.80. The van der Waals surface area contributed by atoms with Gasteiger partial charge in [0.25, 0.3) is 5.91 Å². The number of amides is 1. The summed E-state index contributed by atoms with van der Waals surface area (Å²) in [5.74, 6) is 0.708. The minimum absolute atomic E-state index is 0.0457. The van der Waals surface area contributed by atoms with Crippen LogP contribution in [0.2, 0.25) is 0 Å². The van der Waals surface area contributed by atoms with Gasteiger partial charge in [0.05, 0.1) is 18.8 Å². The molecule has 0 bridgehead atoms. The molecule has 1 amide bonds. The zero-order chi connectivity index (χ0) is 25.5. The average molecular weight is 495 g/mol. The zero-order valence-corrected chi connectivity index (χ0v) is 21.4. The first-order chi connectivity index (χ1) is 18.2. The molecule has 0 unspecified atom stereocenters. The molecule has 5 rings (SSSR count). The highest BCUT2D eigenvalue weighted by Gasteiger charge is 2.26. The number of fused-ring (bicyclic) bond motifs is 1. The van der Waals surface area contributed by atoms with Crippen LogP contribution in [0.5, 0.6) is 5.75 Å². The molecule has 0 radical (unpaired) electrons. The van der Waals surface area contributed by atoms with Gasteiger partial charge in [-0.2, -0.15) is 0 Å². The van der Waals surface area contributed by atoms with Gasteiger partial charge in [0.15, 0.2) is 0 Å². The third kappa shape index (κ3) is 5.85. The van der Waals surface area contributed by atoms with Crippen molar-refractivity contribution in [1.29, 1.82) is 0 Å². The molecular formula is C32H34N2O3. The van der Waals surface area contributed by atoms with Gasteiger partial charge in [-0.15, -0.1) is 0 Å². The van der Waals surface area contributed by atoms with Gasteiger partial charge in [-0.05, 0) is 34.9 Å². The Labute approximate surface area is 219 Å². The molecule has 1 saturated heterocycles. The number of benzene rings is 4. The maximum absolute atomic E-state index is 13.6. The van der Waals surface area contributed by atoms with Crippen LogP contribution in [0, 0.1) is 0 Å². The number of hydrogen-bond donors (Lipinski definition) is 0. The summed E-state index contributed by atoms with van der Waals surface area (Å²) < 4.78 is 12.3. The molecule has 5 nitrogen and oxygen atoms in total. The Balaban J connectivity index is 1.20. The Kier molecular flexibility index (Phi) is 8.14. The molecule has 1 aliphatic rings. The summed E-state index contributed by atoms with van der Waals surface area (Å²) >= 11 is 0. The summed E-state index contributed by atoms with van der Waals surface area (Å²) in [5, 5.41) is 2.00. The third-order valence-corrected chi connectivity index (χ3v) is 6.96. The molecule has 0 saturated carbocycles. The summed E-state index contributed by atoms with van der Waals surface area (Å²) in [6.45, 7) is 6.96. The van der Waals surface area contributed by atoms with E-state index in [-0.39, 0.29) is 12.0 Å². The van der Waals surface area contributed by atoms with Crippen molar-refractivity contribution in [3.05, 3.63) is 114 Å². The van der Waals surface area contributed by atoms with Crippen LogP contribution in [0.1, 0.15) is 34.5 Å². The molecule has 0 aromatic heterocycles. The smallest absolute Gasteiger partial charge is 0.258 e. The van der Waals surface area contributed by atoms with E-state index in [4.69, 9.17) is 9.47 Å². The molecular weight excluding hydrogens is 460 g/mol. The SMILES string of the molecule is CCOc1ccc2ccccc2c1C(=O)N1CCN(CCOC(c2ccccc2)c2ccccc2)CC1. The second kappa shape index (κ2) is 12.0. The van der Waals surface area contributed by atoms with Crippen molar-refractivity contribution in [3.8, 4) is 5.75 Å². The first kappa shape index (κ1) is 25.0. The van der Waals surface area contributed by atoms with E-state index in [0.29, 0.717) is 37.6 Å². The summed E-state index contributed by atoms with van der Waals surface area (Å²) in [4.78, 5) is 18.0. The fourth-order valence-electron chi connectivity index (χ4n) is 5.02. The van der Waals surface area contributed by atoms with Gasteiger partial charge in [-0.3, -0.25) is 9.69 Å². The van der Waals surface area contributed by atoms with Crippen molar-refractivity contribution in [2.75, 3.05) is 45.9 Å². The van der Waals surface area contributed by atoms with Crippen molar-refractivity contribution in [2.45, 2.75) is 13.0 Å². The van der Waals surface area contributed by atoms with Crippen LogP contribution in [0.15, 0.2) is 97.1 Å². The van der Waals surface area contributed by atoms with E-state index in [1.807, 2.05) is 60.4 Å². The number of rotatable bonds is 9. The molecule has 1 fully saturated rings. The Bertz CT molecular complexity index is 1260. The lowest BCUT2D eigenvalue weighted by Gasteiger charge is -2.35. The Hall–Kier alpha value is -3.67. The van der Waals surface area contributed by atoms with E-state index in [1.54, 1.807) is 0 Å². The normalized spacial score (nSPS) is 14.3. The lowest BCUT2D eigenvalue weighted by Crippen LogP contribution is -2.49. The molecule has 0 aliphatic carbocycles. The Morgan fingerprint density at radius 2 is 1.41 bits per heavy atom. The van der Waals surface area contributed by atoms with Crippen molar-refractivity contribution in [3.63, 3.8) is 0 Å². The largest absolute Gasteiger partial charge is 0.493 e. The highest BCUT2D eigenvalue weighted by atomic mass is 16.5. The van der Waals surface area contributed by atoms with Gasteiger partial charge in [0.1, 0.15) is 11.9 Å². The maximum Gasteiger partial charge on any atom is 0.258 e. The van der Waals surface area contributed by atoms with Crippen LogP contribution in [0.4, 0.5) is 0 Å². The van der Waals surface area contributed by atoms with Gasteiger partial charge in [-0.25, -0.2) is 0 Å². The number of ether oxygens (including phenoxy) is 2. The molecule has 37 heavy (non-hydrogen) atoms. The van der Waals surface area contributed by atoms with E-state index < -0.39 is 0 Å². The van der Waals surface area contributed by atoms with Gasteiger partial charge in [-0.1, -0.05) is 91.0 Å². The topological polar surface area (TPSA) is 42.0 Å². The molecule has 0 N–H and O–H groups in total. The van der Waals surface area contributed by atoms with Crippen LogP contribution in [-0.4, -0.2) is 61.6 Å². The van der Waals surface area contributed by atoms with E-state index in [0.717, 1.165) is 41.5 Å². The van der Waals surface area contributed by atoms with Gasteiger partial charge in [0.2, 0.25) is 0 Å². The second-order valence-electron chi connectivity index (χ2n) is 9.30. The average Bonchev–Trinajstić information content (AvgIpc) is 2.96. The van der Waals surface area contributed by atoms with E-state index in [1.165, 1.54) is 0 Å². The highest BCUT2D eigenvalue weighted by molar-refractivity contribution is 6.09. The van der Waals surface area contributed by atoms with Crippen molar-refractivity contribution in [1.82, 2.24) is 9.80 Å². The molecule has 4 aromatic rings. The summed E-state index contributed by atoms with van der Waals surface area (Å²) in [6.07, 6.45) is -0.0892. The standard InChI is InChI=1S/C32H34N2O3/c1-2-36-29-18-17-25-11-9-10-16-28(25)30(29)32(35)34-21-19-33(20-22-34)23-24-37-31(26-12-5-3-6-13-26)27-14-7-4-8-15-27/h3-18,31H,2,19-24H2,1H3. The Morgan fingerprint density at radius 3 is 2.05 bits per heavy atom. The second-order valence-corrected chi connectivity index (χ2v) is 9.30. The van der Waals surface area contributed by atoms with Gasteiger partial charge < -0.3 is 14.4 Å². The van der Waals surface area contributed by atoms with Crippen molar-refractivity contribution < 1.29 is 14.3 Å². The van der Waals surface area contributed by atoms with E-state index in [2.05, 4.69) is 53.4 Å². The van der Waals surface area contributed by atoms with Crippen LogP contribution < -0.4 is 4.74 Å². The third-order valence-electron chi connectivity index (χ3n) is 6.96. The summed E-state index contributed by atoms with van der Waals surface area (Å²) in [5.41, 5.74) is 2.99. The first-order valence-corrected chi connectivity index (χ1v) is 13.1. The number of carbonyl (C=O) groups is 1. The molecule has 1 aliphatic heterocycles. The van der Waals surface area contributed by atoms with Crippen molar-refractivity contribution in [2.24, 2.45) is 0 Å². The lowest BCUT2D eigenvalue weighted by molar-refractivity contribution is 0.0408. The fraction of sp³-hybridized carbons (Fsp3) is 0.281. The summed E-state index contributed by atoms with van der Waals surface area (Å²) in [7, 11) is 0. The summed E-state index contributed by atoms with van der Waals surface area (Å²) in [6, 6.07) is 32.7. The predicted molar refractivity (Wildman–Crippen MR) is 148 cm³/mol. The molecule has 0 spiro atoms. The Morgan fingerprint density at radius 1 is 0.784 bits per heavy atom. The van der Waals surface area contributed by atoms with Gasteiger partial charge in [0, 0.05) is 32.7 Å². The highest BCUT2D eigenvalue weighted by Crippen LogP contribution is 2.30. The number of nitrogens with zero attached hydrogens (tertiary/aromatic N) is 2. The van der Waals surface area contributed by atoms with Crippen LogP contribution in [0.3, 0.4) is 0 Å². The van der Waals surface area contributed by atoms with E-state index >= 15 is 0 Å². The molecule has 5 heteroatoms. The number of hydrogen-bond acceptors (Lipinski definition) is 4. The quantitative estimate of drug-likeness (QED) is 0.295. The van der Waals surface area contributed by atoms with Crippen molar-refractivity contribution >= 4 is 16.7 Å². The van der Waals surface area contributed by atoms with Crippen LogP contribution in [0.25, 0.3) is 10.8 Å². The maximum atomic E-state index is 13.6. The monoisotopic (exact) mass is 494 g/mol. The lowest BCUT2D eigenvalue weighted by atomic mass is 10.0. The fourth-order valence-corrected chi connectivity index (χ4v) is 5.02. The van der Waals surface area contributed by atoms with Crippen LogP contribution >= 0.6 is 0 Å². The molecule has 4 aromatic carbocycles. The van der Waals surface area contributed by atoms with E-state index in [9.17, 15) is 4.79 Å². The molecule has 1 heterocycles. The minimum Gasteiger partial charge on any atom is -0.493 e. The number of piperazine rings is 1. The minimum atomic E-state index is -0.0892. The molecule has 190 valence electrons. The first-order valence-electron chi connectivity index (χ1n) is 13.1. The zero-order valence-electron chi connectivity index (χ0n) is 21.4. The van der Waals surface area contributed by atoms with Crippen LogP contribution in [-0.2, 0) is 4.74 Å². The number of carbonyl (C=O) groups excluding carboxylic acids is 1. The van der Waals surface area contributed by atoms with Gasteiger partial charge >= 0.3 is 0 Å². The molecule has 0 atom stereocenters.